The predicted octanol–water partition coefficient (Wildman–Crippen LogP) is 3.42. The highest BCUT2D eigenvalue weighted by atomic mass is 16.5. The summed E-state index contributed by atoms with van der Waals surface area (Å²) in [5, 5.41) is 0. The lowest BCUT2D eigenvalue weighted by atomic mass is 9.86. The molecule has 0 N–H and O–H groups in total. The normalized spacial score (nSPS) is 17.7. The molecule has 14 heavy (non-hydrogen) atoms. The number of carbonyl (C=O) groups excluding carboxylic acids is 1. The van der Waals surface area contributed by atoms with Crippen LogP contribution in [-0.2, 0) is 9.53 Å². The van der Waals surface area contributed by atoms with E-state index in [1.807, 2.05) is 0 Å². The van der Waals surface area contributed by atoms with E-state index < -0.39 is 0 Å². The molecular weight excluding hydrogens is 176 g/mol. The van der Waals surface area contributed by atoms with Gasteiger partial charge >= 0.3 is 5.97 Å². The first-order chi connectivity index (χ1) is 6.83. The van der Waals surface area contributed by atoms with Crippen molar-refractivity contribution in [2.45, 2.75) is 51.4 Å². The molecule has 2 nitrogen and oxygen atoms in total. The first-order valence-corrected chi connectivity index (χ1v) is 5.63. The van der Waals surface area contributed by atoms with Crippen LogP contribution in [0.25, 0.3) is 0 Å². The Balaban J connectivity index is 2.02. The van der Waals surface area contributed by atoms with Gasteiger partial charge in [0.25, 0.3) is 0 Å². The van der Waals surface area contributed by atoms with E-state index in [1.165, 1.54) is 44.8 Å². The zero-order valence-electron chi connectivity index (χ0n) is 8.84. The Bertz CT molecular complexity index is 181. The predicted molar refractivity (Wildman–Crippen MR) is 56.7 cm³/mol. The van der Waals surface area contributed by atoms with Gasteiger partial charge in [0.2, 0.25) is 0 Å². The van der Waals surface area contributed by atoms with Crippen LogP contribution in [-0.4, -0.2) is 5.97 Å². The molecule has 1 aliphatic carbocycles. The fourth-order valence-electron chi connectivity index (χ4n) is 2.16. The summed E-state index contributed by atoms with van der Waals surface area (Å²) in [5.74, 6) is 0.719. The summed E-state index contributed by atoms with van der Waals surface area (Å²) in [7, 11) is 0. The van der Waals surface area contributed by atoms with Gasteiger partial charge in [0.1, 0.15) is 0 Å². The van der Waals surface area contributed by atoms with Crippen LogP contribution in [0, 0.1) is 5.92 Å². The number of rotatable bonds is 5. The lowest BCUT2D eigenvalue weighted by molar-refractivity contribution is -0.138. The van der Waals surface area contributed by atoms with Crippen LogP contribution in [0.15, 0.2) is 12.8 Å². The van der Waals surface area contributed by atoms with Crippen molar-refractivity contribution >= 4 is 5.97 Å². The summed E-state index contributed by atoms with van der Waals surface area (Å²) in [4.78, 5) is 11.0. The van der Waals surface area contributed by atoms with Crippen LogP contribution in [0.5, 0.6) is 0 Å². The minimum Gasteiger partial charge on any atom is -0.435 e. The van der Waals surface area contributed by atoms with E-state index >= 15 is 0 Å². The Hall–Kier alpha value is -0.790. The molecule has 0 aromatic carbocycles. The third kappa shape index (κ3) is 4.45. The second-order valence-electron chi connectivity index (χ2n) is 4.05. The van der Waals surface area contributed by atoms with Gasteiger partial charge in [0.05, 0.1) is 6.26 Å². The molecule has 0 spiro atoms. The molecular formula is C12H20O2. The molecule has 0 unspecified atom stereocenters. The summed E-state index contributed by atoms with van der Waals surface area (Å²) in [6.07, 6.45) is 10.8. The molecule has 0 aromatic heterocycles. The average Bonchev–Trinajstić information content (AvgIpc) is 2.20. The second kappa shape index (κ2) is 6.63. The molecule has 0 atom stereocenters. The maximum atomic E-state index is 11.0. The Morgan fingerprint density at radius 2 is 2.07 bits per heavy atom. The first kappa shape index (κ1) is 11.3. The fourth-order valence-corrected chi connectivity index (χ4v) is 2.16. The second-order valence-corrected chi connectivity index (χ2v) is 4.05. The highest BCUT2D eigenvalue weighted by Gasteiger charge is 2.13. The fraction of sp³-hybridized carbons (Fsp3) is 0.750. The lowest BCUT2D eigenvalue weighted by Gasteiger charge is -2.20. The van der Waals surface area contributed by atoms with Crippen molar-refractivity contribution in [2.24, 2.45) is 5.92 Å². The van der Waals surface area contributed by atoms with Crippen molar-refractivity contribution in [3.8, 4) is 0 Å². The zero-order chi connectivity index (χ0) is 10.2. The highest BCUT2D eigenvalue weighted by Crippen LogP contribution is 2.27. The molecule has 0 bridgehead atoms. The minimum absolute atomic E-state index is 0.143. The smallest absolute Gasteiger partial charge is 0.310 e. The highest BCUT2D eigenvalue weighted by molar-refractivity contribution is 5.69. The molecule has 0 amide bonds. The molecule has 0 aromatic rings. The van der Waals surface area contributed by atoms with E-state index in [0.29, 0.717) is 6.42 Å². The van der Waals surface area contributed by atoms with E-state index in [4.69, 9.17) is 0 Å². The number of esters is 1. The van der Waals surface area contributed by atoms with Crippen molar-refractivity contribution in [3.63, 3.8) is 0 Å². The number of hydrogen-bond donors (Lipinski definition) is 0. The minimum atomic E-state index is -0.143. The zero-order valence-corrected chi connectivity index (χ0v) is 8.84. The molecule has 80 valence electrons. The first-order valence-electron chi connectivity index (χ1n) is 5.63. The molecule has 0 saturated heterocycles. The topological polar surface area (TPSA) is 26.3 Å². The molecule has 1 rings (SSSR count). The van der Waals surface area contributed by atoms with Gasteiger partial charge < -0.3 is 4.74 Å². The van der Waals surface area contributed by atoms with Gasteiger partial charge in [-0.25, -0.2) is 0 Å². The van der Waals surface area contributed by atoms with Gasteiger partial charge in [-0.1, -0.05) is 38.7 Å². The summed E-state index contributed by atoms with van der Waals surface area (Å²) in [6, 6.07) is 0. The number of carbonyl (C=O) groups is 1. The third-order valence-corrected chi connectivity index (χ3v) is 2.93. The summed E-state index contributed by atoms with van der Waals surface area (Å²) in [6.45, 7) is 3.36. The van der Waals surface area contributed by atoms with Crippen LogP contribution < -0.4 is 0 Å². The summed E-state index contributed by atoms with van der Waals surface area (Å²) in [5.41, 5.74) is 0. The quantitative estimate of drug-likeness (QED) is 0.497. The molecule has 1 aliphatic rings. The largest absolute Gasteiger partial charge is 0.435 e. The molecule has 1 fully saturated rings. The van der Waals surface area contributed by atoms with Crippen molar-refractivity contribution in [1.29, 1.82) is 0 Å². The average molecular weight is 196 g/mol. The Kier molecular flexibility index (Phi) is 5.35. The van der Waals surface area contributed by atoms with Gasteiger partial charge in [-0.15, -0.1) is 0 Å². The van der Waals surface area contributed by atoms with Gasteiger partial charge in [0.15, 0.2) is 0 Å². The Morgan fingerprint density at radius 1 is 1.36 bits per heavy atom. The number of hydrogen-bond acceptors (Lipinski definition) is 2. The van der Waals surface area contributed by atoms with Crippen molar-refractivity contribution in [2.75, 3.05) is 0 Å². The summed E-state index contributed by atoms with van der Waals surface area (Å²) >= 11 is 0. The molecule has 1 saturated carbocycles. The SMILES string of the molecule is C=COC(=O)CCCC1CCCCC1. The maximum Gasteiger partial charge on any atom is 0.310 e. The summed E-state index contributed by atoms with van der Waals surface area (Å²) < 4.78 is 4.66. The molecule has 0 heterocycles. The van der Waals surface area contributed by atoms with E-state index in [1.54, 1.807) is 0 Å². The molecule has 2 heteroatoms. The van der Waals surface area contributed by atoms with Crippen molar-refractivity contribution < 1.29 is 9.53 Å². The van der Waals surface area contributed by atoms with Crippen molar-refractivity contribution in [3.05, 3.63) is 12.8 Å². The lowest BCUT2D eigenvalue weighted by Crippen LogP contribution is -2.07. The Morgan fingerprint density at radius 3 is 2.71 bits per heavy atom. The Labute approximate surface area is 86.3 Å². The van der Waals surface area contributed by atoms with Crippen molar-refractivity contribution in [1.82, 2.24) is 0 Å². The standard InChI is InChI=1S/C12H20O2/c1-2-14-12(13)10-6-9-11-7-4-3-5-8-11/h2,11H,1,3-10H2. The van der Waals surface area contributed by atoms with Gasteiger partial charge in [-0.05, 0) is 18.8 Å². The maximum absolute atomic E-state index is 11.0. The van der Waals surface area contributed by atoms with Crippen LogP contribution in [0.4, 0.5) is 0 Å². The van der Waals surface area contributed by atoms with Crippen LogP contribution in [0.1, 0.15) is 51.4 Å². The van der Waals surface area contributed by atoms with E-state index in [9.17, 15) is 4.79 Å². The van der Waals surface area contributed by atoms with Gasteiger partial charge in [-0.3, -0.25) is 4.79 Å². The third-order valence-electron chi connectivity index (χ3n) is 2.93. The molecule has 0 radical (unpaired) electrons. The van der Waals surface area contributed by atoms with Crippen LogP contribution >= 0.6 is 0 Å². The van der Waals surface area contributed by atoms with Gasteiger partial charge in [0, 0.05) is 6.42 Å². The van der Waals surface area contributed by atoms with E-state index in [-0.39, 0.29) is 5.97 Å². The van der Waals surface area contributed by atoms with Crippen LogP contribution in [0.2, 0.25) is 0 Å². The molecule has 0 aliphatic heterocycles. The van der Waals surface area contributed by atoms with E-state index in [2.05, 4.69) is 11.3 Å². The monoisotopic (exact) mass is 196 g/mol. The van der Waals surface area contributed by atoms with Gasteiger partial charge in [-0.2, -0.15) is 0 Å². The van der Waals surface area contributed by atoms with Crippen LogP contribution in [0.3, 0.4) is 0 Å². The van der Waals surface area contributed by atoms with E-state index in [0.717, 1.165) is 12.3 Å². The number of ether oxygens (including phenoxy) is 1.